The number of fused-ring (bicyclic) bond motifs is 1. The van der Waals surface area contributed by atoms with E-state index in [4.69, 9.17) is 0 Å². The summed E-state index contributed by atoms with van der Waals surface area (Å²) < 4.78 is 85.4. The molecule has 4 nitrogen and oxygen atoms in total. The summed E-state index contributed by atoms with van der Waals surface area (Å²) in [5.74, 6) is -6.61. The lowest BCUT2D eigenvalue weighted by Crippen LogP contribution is -2.40. The predicted molar refractivity (Wildman–Crippen MR) is 142 cm³/mol. The van der Waals surface area contributed by atoms with Crippen LogP contribution < -0.4 is 5.32 Å². The highest BCUT2D eigenvalue weighted by Crippen LogP contribution is 2.40. The van der Waals surface area contributed by atoms with E-state index in [-0.39, 0.29) is 28.6 Å². The average molecular weight is 568 g/mol. The molecule has 2 aromatic heterocycles. The third-order valence-electron chi connectivity index (χ3n) is 6.79. The van der Waals surface area contributed by atoms with Gasteiger partial charge in [0.15, 0.2) is 5.92 Å². The molecule has 5 rings (SSSR count). The van der Waals surface area contributed by atoms with Crippen LogP contribution in [0.15, 0.2) is 85.2 Å². The molecule has 10 heteroatoms. The molecule has 2 atom stereocenters. The molecule has 2 N–H and O–H groups in total. The number of carbonyl (C=O) groups is 1. The molecule has 41 heavy (non-hydrogen) atoms. The predicted octanol–water partition coefficient (Wildman–Crippen LogP) is 7.70. The lowest BCUT2D eigenvalue weighted by atomic mass is 9.93. The standard InChI is InChI=1S/C31H23F6N3O/c1-17-4-6-19(7-5-17)23-3-2-10-38-29(23)27(13-18-11-21(33)14-22(34)12-18)40-30(41)28(31(35,36)37)25-16-39-26-9-8-20(32)15-24(25)26/h2-12,14-16,27-28,39H,13H2,1H3,(H,40,41)/t27-,28+/m0/s1. The van der Waals surface area contributed by atoms with Gasteiger partial charge in [0.05, 0.1) is 11.7 Å². The minimum Gasteiger partial charge on any atom is -0.361 e. The number of pyridine rings is 1. The zero-order valence-corrected chi connectivity index (χ0v) is 21.6. The van der Waals surface area contributed by atoms with Crippen LogP contribution in [0.4, 0.5) is 26.3 Å². The van der Waals surface area contributed by atoms with Crippen LogP contribution in [0.1, 0.15) is 34.3 Å². The minimum absolute atomic E-state index is 0.0931. The van der Waals surface area contributed by atoms with E-state index in [1.54, 1.807) is 24.3 Å². The maximum atomic E-state index is 14.4. The Kier molecular flexibility index (Phi) is 7.57. The van der Waals surface area contributed by atoms with Crippen LogP contribution in [0.2, 0.25) is 0 Å². The van der Waals surface area contributed by atoms with Gasteiger partial charge in [-0.2, -0.15) is 13.2 Å². The van der Waals surface area contributed by atoms with Crippen LogP contribution >= 0.6 is 0 Å². The van der Waals surface area contributed by atoms with Gasteiger partial charge in [-0.15, -0.1) is 0 Å². The van der Waals surface area contributed by atoms with Crippen LogP contribution in [0.3, 0.4) is 0 Å². The number of amides is 1. The second kappa shape index (κ2) is 11.1. The van der Waals surface area contributed by atoms with E-state index in [9.17, 15) is 31.1 Å². The van der Waals surface area contributed by atoms with Gasteiger partial charge in [-0.25, -0.2) is 13.2 Å². The fourth-order valence-electron chi connectivity index (χ4n) is 4.93. The largest absolute Gasteiger partial charge is 0.404 e. The number of rotatable bonds is 7. The first kappa shape index (κ1) is 27.9. The van der Waals surface area contributed by atoms with Gasteiger partial charge in [0.25, 0.3) is 0 Å². The molecule has 0 aliphatic rings. The molecule has 0 radical (unpaired) electrons. The first-order valence-corrected chi connectivity index (χ1v) is 12.6. The van der Waals surface area contributed by atoms with Gasteiger partial charge in [-0.3, -0.25) is 9.78 Å². The molecule has 0 aliphatic heterocycles. The van der Waals surface area contributed by atoms with E-state index < -0.39 is 47.1 Å². The zero-order chi connectivity index (χ0) is 29.3. The number of hydrogen-bond donors (Lipinski definition) is 2. The van der Waals surface area contributed by atoms with Gasteiger partial charge in [-0.05, 0) is 66.4 Å². The van der Waals surface area contributed by atoms with Gasteiger partial charge in [0.1, 0.15) is 17.5 Å². The summed E-state index contributed by atoms with van der Waals surface area (Å²) in [5.41, 5.74) is 2.26. The fourth-order valence-corrected chi connectivity index (χ4v) is 4.93. The van der Waals surface area contributed by atoms with Gasteiger partial charge in [0, 0.05) is 34.9 Å². The lowest BCUT2D eigenvalue weighted by Gasteiger charge is -2.25. The zero-order valence-electron chi connectivity index (χ0n) is 21.6. The topological polar surface area (TPSA) is 57.8 Å². The molecule has 0 spiro atoms. The van der Waals surface area contributed by atoms with Crippen LogP contribution in [-0.2, 0) is 11.2 Å². The van der Waals surface area contributed by atoms with E-state index in [1.807, 2.05) is 19.1 Å². The van der Waals surface area contributed by atoms with Gasteiger partial charge in [-0.1, -0.05) is 35.9 Å². The SMILES string of the molecule is Cc1ccc(-c2cccnc2[C@H](Cc2cc(F)cc(F)c2)NC(=O)[C@@H](c2c[nH]c3ccc(F)cc23)C(F)(F)F)cc1. The molecular weight excluding hydrogens is 544 g/mol. The van der Waals surface area contributed by atoms with Crippen LogP contribution in [0.25, 0.3) is 22.0 Å². The van der Waals surface area contributed by atoms with Crippen molar-refractivity contribution in [2.75, 3.05) is 0 Å². The Hall–Kier alpha value is -4.60. The second-order valence-corrected chi connectivity index (χ2v) is 9.75. The summed E-state index contributed by atoms with van der Waals surface area (Å²) in [6.45, 7) is 1.89. The smallest absolute Gasteiger partial charge is 0.361 e. The van der Waals surface area contributed by atoms with Crippen LogP contribution in [0.5, 0.6) is 0 Å². The molecule has 0 unspecified atom stereocenters. The Labute approximate surface area is 231 Å². The van der Waals surface area contributed by atoms with Crippen molar-refractivity contribution in [2.45, 2.75) is 31.5 Å². The van der Waals surface area contributed by atoms with Gasteiger partial charge < -0.3 is 10.3 Å². The monoisotopic (exact) mass is 567 g/mol. The molecule has 0 aliphatic carbocycles. The molecule has 1 amide bonds. The first-order valence-electron chi connectivity index (χ1n) is 12.6. The lowest BCUT2D eigenvalue weighted by molar-refractivity contribution is -0.165. The van der Waals surface area contributed by atoms with Gasteiger partial charge >= 0.3 is 6.18 Å². The Morgan fingerprint density at radius 1 is 0.927 bits per heavy atom. The normalized spacial score (nSPS) is 13.2. The third-order valence-corrected chi connectivity index (χ3v) is 6.79. The number of carbonyl (C=O) groups excluding carboxylic acids is 1. The number of aromatic amines is 1. The van der Waals surface area contributed by atoms with E-state index in [0.717, 1.165) is 36.0 Å². The Balaban J connectivity index is 1.60. The third kappa shape index (κ3) is 6.11. The summed E-state index contributed by atoms with van der Waals surface area (Å²) in [4.78, 5) is 20.5. The summed E-state index contributed by atoms with van der Waals surface area (Å²) in [6, 6.07) is 15.5. The number of hydrogen-bond acceptors (Lipinski definition) is 2. The van der Waals surface area contributed by atoms with Crippen molar-refractivity contribution in [2.24, 2.45) is 0 Å². The molecule has 5 aromatic rings. The molecule has 0 fully saturated rings. The number of nitrogens with one attached hydrogen (secondary N) is 2. The number of alkyl halides is 3. The number of aryl methyl sites for hydroxylation is 1. The number of H-pyrrole nitrogens is 1. The Morgan fingerprint density at radius 3 is 2.32 bits per heavy atom. The highest BCUT2D eigenvalue weighted by atomic mass is 19.4. The Bertz CT molecular complexity index is 1690. The summed E-state index contributed by atoms with van der Waals surface area (Å²) >= 11 is 0. The van der Waals surface area contributed by atoms with Crippen molar-refractivity contribution in [1.29, 1.82) is 0 Å². The summed E-state index contributed by atoms with van der Waals surface area (Å²) in [7, 11) is 0. The fraction of sp³-hybridized carbons (Fsp3) is 0.161. The Morgan fingerprint density at radius 2 is 1.63 bits per heavy atom. The highest BCUT2D eigenvalue weighted by Gasteiger charge is 2.47. The van der Waals surface area contributed by atoms with E-state index >= 15 is 0 Å². The number of benzene rings is 3. The minimum atomic E-state index is -5.05. The molecule has 2 heterocycles. The van der Waals surface area contributed by atoms with Gasteiger partial charge in [0.2, 0.25) is 5.91 Å². The number of halogens is 6. The first-order chi connectivity index (χ1) is 19.5. The molecule has 0 saturated carbocycles. The molecule has 0 saturated heterocycles. The van der Waals surface area contributed by atoms with Crippen molar-refractivity contribution in [3.05, 3.63) is 125 Å². The summed E-state index contributed by atoms with van der Waals surface area (Å²) in [5, 5.41) is 2.35. The maximum Gasteiger partial charge on any atom is 0.404 e. The van der Waals surface area contributed by atoms with Crippen molar-refractivity contribution < 1.29 is 31.1 Å². The quantitative estimate of drug-likeness (QED) is 0.198. The van der Waals surface area contributed by atoms with Crippen molar-refractivity contribution in [3.63, 3.8) is 0 Å². The molecule has 210 valence electrons. The summed E-state index contributed by atoms with van der Waals surface area (Å²) in [6.07, 6.45) is -2.87. The molecule has 0 bridgehead atoms. The molecular formula is C31H23F6N3O. The van der Waals surface area contributed by atoms with Crippen molar-refractivity contribution >= 4 is 16.8 Å². The molecule has 3 aromatic carbocycles. The number of nitrogens with zero attached hydrogens (tertiary/aromatic N) is 1. The van der Waals surface area contributed by atoms with Crippen LogP contribution in [-0.4, -0.2) is 22.1 Å². The van der Waals surface area contributed by atoms with E-state index in [2.05, 4.69) is 15.3 Å². The van der Waals surface area contributed by atoms with Crippen molar-refractivity contribution in [1.82, 2.24) is 15.3 Å². The van der Waals surface area contributed by atoms with E-state index in [0.29, 0.717) is 17.2 Å². The average Bonchev–Trinajstić information content (AvgIpc) is 3.30. The number of aromatic nitrogens is 2. The van der Waals surface area contributed by atoms with Crippen molar-refractivity contribution in [3.8, 4) is 11.1 Å². The van der Waals surface area contributed by atoms with E-state index in [1.165, 1.54) is 12.3 Å². The highest BCUT2D eigenvalue weighted by molar-refractivity contribution is 5.93. The second-order valence-electron chi connectivity index (χ2n) is 9.75. The van der Waals surface area contributed by atoms with Crippen LogP contribution in [0, 0.1) is 24.4 Å². The maximum absolute atomic E-state index is 14.4.